The van der Waals surface area contributed by atoms with Crippen LogP contribution in [-0.2, 0) is 0 Å². The molecule has 0 saturated heterocycles. The normalized spacial score (nSPS) is 10.7. The van der Waals surface area contributed by atoms with Gasteiger partial charge in [-0.2, -0.15) is 0 Å². The van der Waals surface area contributed by atoms with Gasteiger partial charge in [0.15, 0.2) is 0 Å². The van der Waals surface area contributed by atoms with Crippen molar-refractivity contribution in [2.45, 2.75) is 0 Å². The Bertz CT molecular complexity index is 466. The fraction of sp³-hybridized carbons (Fsp3) is 0. The van der Waals surface area contributed by atoms with E-state index in [1.54, 1.807) is 18.6 Å². The molecule has 0 bridgehead atoms. The van der Waals surface area contributed by atoms with Gasteiger partial charge < -0.3 is 0 Å². The molecule has 1 aromatic heterocycles. The highest BCUT2D eigenvalue weighted by Gasteiger charge is 1.94. The summed E-state index contributed by atoms with van der Waals surface area (Å²) in [7, 11) is 0. The maximum atomic E-state index is 5.96. The quantitative estimate of drug-likeness (QED) is 0.706. The molecule has 0 atom stereocenters. The number of hydrogen-bond acceptors (Lipinski definition) is 2. The highest BCUT2D eigenvalue weighted by atomic mass is 35.5. The topological polar surface area (TPSA) is 25.2 Å². The molecule has 0 N–H and O–H groups in total. The zero-order chi connectivity index (χ0) is 10.5. The van der Waals surface area contributed by atoms with Crippen LogP contribution >= 0.6 is 11.6 Å². The van der Waals surface area contributed by atoms with Gasteiger partial charge in [-0.1, -0.05) is 29.8 Å². The Hall–Kier alpha value is -1.67. The van der Waals surface area contributed by atoms with Gasteiger partial charge in [-0.05, 0) is 18.2 Å². The fourth-order valence-corrected chi connectivity index (χ4v) is 1.34. The van der Waals surface area contributed by atoms with Crippen LogP contribution < -0.4 is 0 Å². The molecule has 74 valence electrons. The Labute approximate surface area is 93.3 Å². The summed E-state index contributed by atoms with van der Waals surface area (Å²) in [5.74, 6) is 0. The van der Waals surface area contributed by atoms with Crippen molar-refractivity contribution in [1.82, 2.24) is 4.98 Å². The van der Waals surface area contributed by atoms with Gasteiger partial charge in [0.2, 0.25) is 0 Å². The van der Waals surface area contributed by atoms with E-state index < -0.39 is 0 Å². The zero-order valence-electron chi connectivity index (χ0n) is 7.97. The lowest BCUT2D eigenvalue weighted by atomic mass is 10.3. The van der Waals surface area contributed by atoms with Crippen molar-refractivity contribution in [1.29, 1.82) is 0 Å². The minimum Gasteiger partial charge on any atom is -0.264 e. The van der Waals surface area contributed by atoms with Crippen LogP contribution in [-0.4, -0.2) is 11.2 Å². The van der Waals surface area contributed by atoms with Crippen molar-refractivity contribution >= 4 is 23.5 Å². The molecule has 1 heterocycles. The van der Waals surface area contributed by atoms with Crippen LogP contribution in [0.1, 0.15) is 5.56 Å². The summed E-state index contributed by atoms with van der Waals surface area (Å²) < 4.78 is 0. The first-order valence-electron chi connectivity index (χ1n) is 4.55. The second kappa shape index (κ2) is 4.71. The molecule has 0 amide bonds. The minimum absolute atomic E-state index is 0.651. The van der Waals surface area contributed by atoms with E-state index in [9.17, 15) is 0 Å². The maximum absolute atomic E-state index is 5.96. The smallest absolute Gasteiger partial charge is 0.0816 e. The van der Waals surface area contributed by atoms with Gasteiger partial charge in [-0.15, -0.1) is 0 Å². The first-order valence-corrected chi connectivity index (χ1v) is 4.93. The number of para-hydroxylation sites is 1. The van der Waals surface area contributed by atoms with E-state index in [0.29, 0.717) is 5.02 Å². The first-order chi connectivity index (χ1) is 7.36. The first kappa shape index (κ1) is 9.87. The number of rotatable bonds is 2. The molecule has 0 radical (unpaired) electrons. The molecule has 2 rings (SSSR count). The fourth-order valence-electron chi connectivity index (χ4n) is 1.15. The van der Waals surface area contributed by atoms with E-state index in [2.05, 4.69) is 9.98 Å². The zero-order valence-corrected chi connectivity index (χ0v) is 8.72. The molecule has 0 spiro atoms. The molecule has 2 aromatic rings. The van der Waals surface area contributed by atoms with Gasteiger partial charge in [0.1, 0.15) is 0 Å². The largest absolute Gasteiger partial charge is 0.264 e. The van der Waals surface area contributed by atoms with Crippen LogP contribution in [0.2, 0.25) is 5.02 Å². The van der Waals surface area contributed by atoms with E-state index in [0.717, 1.165) is 11.3 Å². The summed E-state index contributed by atoms with van der Waals surface area (Å²) in [6.45, 7) is 0. The van der Waals surface area contributed by atoms with Crippen LogP contribution in [0.3, 0.4) is 0 Å². The van der Waals surface area contributed by atoms with Crippen LogP contribution in [0, 0.1) is 0 Å². The second-order valence-corrected chi connectivity index (χ2v) is 3.40. The highest BCUT2D eigenvalue weighted by molar-refractivity contribution is 6.33. The number of benzene rings is 1. The van der Waals surface area contributed by atoms with Gasteiger partial charge in [-0.3, -0.25) is 9.98 Å². The van der Waals surface area contributed by atoms with E-state index in [4.69, 9.17) is 11.6 Å². The lowest BCUT2D eigenvalue weighted by molar-refractivity contribution is 1.32. The Morgan fingerprint density at radius 2 is 2.00 bits per heavy atom. The summed E-state index contributed by atoms with van der Waals surface area (Å²) in [6, 6.07) is 11.3. The third kappa shape index (κ3) is 2.64. The molecule has 3 heteroatoms. The van der Waals surface area contributed by atoms with E-state index in [-0.39, 0.29) is 0 Å². The van der Waals surface area contributed by atoms with Crippen LogP contribution in [0.15, 0.2) is 53.8 Å². The van der Waals surface area contributed by atoms with Crippen molar-refractivity contribution in [2.75, 3.05) is 0 Å². The number of halogens is 1. The minimum atomic E-state index is 0.651. The number of aliphatic imine (C=N–C) groups is 1. The molecule has 0 aliphatic rings. The van der Waals surface area contributed by atoms with Crippen LogP contribution in [0.5, 0.6) is 0 Å². The van der Waals surface area contributed by atoms with Crippen LogP contribution in [0.25, 0.3) is 0 Å². The van der Waals surface area contributed by atoms with Crippen molar-refractivity contribution in [2.24, 2.45) is 4.99 Å². The maximum Gasteiger partial charge on any atom is 0.0816 e. The van der Waals surface area contributed by atoms with Crippen LogP contribution in [0.4, 0.5) is 5.69 Å². The molecule has 0 aliphatic carbocycles. The monoisotopic (exact) mass is 216 g/mol. The lowest BCUT2D eigenvalue weighted by Gasteiger charge is -1.95. The average molecular weight is 217 g/mol. The Morgan fingerprint density at radius 3 is 2.73 bits per heavy atom. The molecular weight excluding hydrogens is 208 g/mol. The predicted molar refractivity (Wildman–Crippen MR) is 62.9 cm³/mol. The number of nitrogens with zero attached hydrogens (tertiary/aromatic N) is 2. The van der Waals surface area contributed by atoms with Crippen molar-refractivity contribution < 1.29 is 0 Å². The van der Waals surface area contributed by atoms with Gasteiger partial charge in [-0.25, -0.2) is 0 Å². The van der Waals surface area contributed by atoms with E-state index in [1.165, 1.54) is 0 Å². The molecule has 0 fully saturated rings. The standard InChI is InChI=1S/C12H9ClN2/c13-11-5-1-2-6-12(11)15-9-10-4-3-7-14-8-10/h1-9H. The van der Waals surface area contributed by atoms with Gasteiger partial charge in [0.25, 0.3) is 0 Å². The Kier molecular flexibility index (Phi) is 3.10. The summed E-state index contributed by atoms with van der Waals surface area (Å²) in [5.41, 5.74) is 1.72. The number of aromatic nitrogens is 1. The molecular formula is C12H9ClN2. The van der Waals surface area contributed by atoms with E-state index in [1.807, 2.05) is 36.4 Å². The van der Waals surface area contributed by atoms with Gasteiger partial charge >= 0.3 is 0 Å². The number of pyridine rings is 1. The molecule has 1 aromatic carbocycles. The van der Waals surface area contributed by atoms with E-state index >= 15 is 0 Å². The Morgan fingerprint density at radius 1 is 1.13 bits per heavy atom. The average Bonchev–Trinajstić information content (AvgIpc) is 2.29. The summed E-state index contributed by atoms with van der Waals surface area (Å²) in [5, 5.41) is 0.651. The van der Waals surface area contributed by atoms with Crippen molar-refractivity contribution in [3.63, 3.8) is 0 Å². The third-order valence-corrected chi connectivity index (χ3v) is 2.21. The summed E-state index contributed by atoms with van der Waals surface area (Å²) in [6.07, 6.45) is 5.22. The van der Waals surface area contributed by atoms with Gasteiger partial charge in [0, 0.05) is 24.2 Å². The highest BCUT2D eigenvalue weighted by Crippen LogP contribution is 2.23. The molecule has 15 heavy (non-hydrogen) atoms. The lowest BCUT2D eigenvalue weighted by Crippen LogP contribution is -1.80. The second-order valence-electron chi connectivity index (χ2n) is 3.00. The van der Waals surface area contributed by atoms with Gasteiger partial charge in [0.05, 0.1) is 10.7 Å². The molecule has 0 saturated carbocycles. The van der Waals surface area contributed by atoms with Crippen molar-refractivity contribution in [3.05, 3.63) is 59.4 Å². The summed E-state index contributed by atoms with van der Waals surface area (Å²) in [4.78, 5) is 8.27. The third-order valence-electron chi connectivity index (χ3n) is 1.89. The molecule has 0 aliphatic heterocycles. The summed E-state index contributed by atoms with van der Waals surface area (Å²) >= 11 is 5.96. The SMILES string of the molecule is Clc1ccccc1N=Cc1cccnc1. The number of hydrogen-bond donors (Lipinski definition) is 0. The van der Waals surface area contributed by atoms with Crippen molar-refractivity contribution in [3.8, 4) is 0 Å². The predicted octanol–water partition coefficient (Wildman–Crippen LogP) is 3.49. The molecule has 0 unspecified atom stereocenters. The Balaban J connectivity index is 2.23. The molecule has 2 nitrogen and oxygen atoms in total.